The van der Waals surface area contributed by atoms with Crippen molar-refractivity contribution < 1.29 is 4.11 Å². The summed E-state index contributed by atoms with van der Waals surface area (Å²) in [5.41, 5.74) is 27.3. The molecule has 0 amide bonds. The number of aryl methyl sites for hydroxylation is 3. The molecule has 0 bridgehead atoms. The number of nitrogens with zero attached hydrogens (tertiary/aromatic N) is 3. The predicted molar refractivity (Wildman–Crippen MR) is 336 cm³/mol. The van der Waals surface area contributed by atoms with Crippen LogP contribution in [0.5, 0.6) is 0 Å². The van der Waals surface area contributed by atoms with Crippen LogP contribution in [0.4, 0.5) is 51.2 Å². The lowest BCUT2D eigenvalue weighted by Crippen LogP contribution is -2.62. The third-order valence-corrected chi connectivity index (χ3v) is 19.9. The van der Waals surface area contributed by atoms with Gasteiger partial charge < -0.3 is 14.7 Å². The molecular weight excluding hydrogens is 942 g/mol. The summed E-state index contributed by atoms with van der Waals surface area (Å²) in [5, 5.41) is 0. The first-order valence-electron chi connectivity index (χ1n) is 30.5. The number of rotatable bonds is 5. The zero-order chi connectivity index (χ0) is 57.5. The number of anilines is 9. The molecule has 2 heterocycles. The Morgan fingerprint density at radius 3 is 1.56 bits per heavy atom. The van der Waals surface area contributed by atoms with Gasteiger partial charge in [0.2, 0.25) is 0 Å². The third-order valence-electron chi connectivity index (χ3n) is 19.9. The van der Waals surface area contributed by atoms with E-state index in [-0.39, 0.29) is 39.2 Å². The average molecular weight is 1030 g/mol. The predicted octanol–water partition coefficient (Wildman–Crippen LogP) is 18.5. The minimum atomic E-state index is -2.41. The topological polar surface area (TPSA) is 9.72 Å². The number of fused-ring (bicyclic) bond motifs is 9. The van der Waals surface area contributed by atoms with Crippen LogP contribution in [0.25, 0.3) is 11.1 Å². The van der Waals surface area contributed by atoms with Crippen LogP contribution in [0.2, 0.25) is 0 Å². The molecule has 0 radical (unpaired) electrons. The molecule has 3 aliphatic carbocycles. The molecule has 0 saturated carbocycles. The van der Waals surface area contributed by atoms with Crippen molar-refractivity contribution in [1.29, 1.82) is 0 Å². The van der Waals surface area contributed by atoms with Crippen LogP contribution in [-0.2, 0) is 32.5 Å². The maximum atomic E-state index is 9.40. The van der Waals surface area contributed by atoms with Gasteiger partial charge in [0, 0.05) is 60.7 Å². The quantitative estimate of drug-likeness (QED) is 0.159. The first-order chi connectivity index (χ1) is 38.0. The van der Waals surface area contributed by atoms with Gasteiger partial charge in [0.05, 0.1) is 0 Å². The summed E-state index contributed by atoms with van der Waals surface area (Å²) in [7, 11) is 0. The summed E-state index contributed by atoms with van der Waals surface area (Å²) in [5.74, 6) is 0. The number of hydrogen-bond donors (Lipinski definition) is 0. The number of benzene rings is 8. The minimum absolute atomic E-state index is 0.00218. The van der Waals surface area contributed by atoms with Gasteiger partial charge in [-0.15, -0.1) is 0 Å². The summed E-state index contributed by atoms with van der Waals surface area (Å²) in [6.45, 7) is 32.7. The summed E-state index contributed by atoms with van der Waals surface area (Å²) in [6.07, 6.45) is 4.39. The average Bonchev–Trinajstić information content (AvgIpc) is 3.83. The Bertz CT molecular complexity index is 3910. The summed E-state index contributed by atoms with van der Waals surface area (Å²) < 4.78 is 28.2. The van der Waals surface area contributed by atoms with Crippen LogP contribution >= 0.6 is 0 Å². The van der Waals surface area contributed by atoms with Crippen LogP contribution < -0.4 is 31.1 Å². The van der Waals surface area contributed by atoms with Gasteiger partial charge in [0.25, 0.3) is 6.71 Å². The van der Waals surface area contributed by atoms with Crippen molar-refractivity contribution in [3.05, 3.63) is 201 Å². The fraction of sp³-hybridized carbons (Fsp3) is 0.351. The van der Waals surface area contributed by atoms with Gasteiger partial charge in [-0.25, -0.2) is 0 Å². The molecule has 8 aromatic rings. The van der Waals surface area contributed by atoms with Gasteiger partial charge in [-0.3, -0.25) is 0 Å². The second-order valence-corrected chi connectivity index (χ2v) is 28.3. The van der Waals surface area contributed by atoms with Crippen molar-refractivity contribution in [3.8, 4) is 11.1 Å². The Morgan fingerprint density at radius 2 is 0.987 bits per heavy atom. The lowest BCUT2D eigenvalue weighted by Gasteiger charge is -2.48. The van der Waals surface area contributed by atoms with Crippen LogP contribution in [0.1, 0.15) is 175 Å². The van der Waals surface area contributed by atoms with Crippen molar-refractivity contribution in [3.63, 3.8) is 0 Å². The highest BCUT2D eigenvalue weighted by Gasteiger charge is 2.48. The van der Waals surface area contributed by atoms with Crippen molar-refractivity contribution in [1.82, 2.24) is 0 Å². The molecule has 394 valence electrons. The second kappa shape index (κ2) is 16.9. The number of hydrogen-bond acceptors (Lipinski definition) is 3. The van der Waals surface area contributed by atoms with E-state index in [1.165, 1.54) is 72.1 Å². The Balaban J connectivity index is 1.15. The van der Waals surface area contributed by atoms with Crippen molar-refractivity contribution in [2.45, 2.75) is 169 Å². The fourth-order valence-corrected chi connectivity index (χ4v) is 14.8. The Kier molecular flexibility index (Phi) is 10.2. The molecule has 3 nitrogen and oxygen atoms in total. The van der Waals surface area contributed by atoms with E-state index in [1.807, 2.05) is 12.1 Å². The van der Waals surface area contributed by atoms with Gasteiger partial charge >= 0.3 is 0 Å². The molecule has 5 aliphatic rings. The lowest BCUT2D eigenvalue weighted by molar-refractivity contribution is 0.332. The van der Waals surface area contributed by atoms with Crippen molar-refractivity contribution in [2.75, 3.05) is 14.7 Å². The Hall–Kier alpha value is -6.78. The Labute approximate surface area is 472 Å². The standard InChI is InChI=1S/C74H80BN3/c1-45-37-66-68-67(38-45)78(50-27-31-55-57(41-50)71(9,10)34-33-70(55,7)8)65-44-59-58(72(11,12)35-36-73(59,13)14)43-61(65)75(68)60-32-28-51(76(62-23-19-17-21-46(62)2)63-24-20-18-22-47(63)3)42-64(60)77(66)49-26-30-54-53(40-49)52-29-25-48(69(4,5)6)39-56(52)74(54,15)16/h17-32,37-44H,33-36H2,1-16H3/i1D3. The van der Waals surface area contributed by atoms with E-state index in [0.717, 1.165) is 82.3 Å². The van der Waals surface area contributed by atoms with Crippen molar-refractivity contribution in [2.24, 2.45) is 0 Å². The van der Waals surface area contributed by atoms with E-state index in [4.69, 9.17) is 0 Å². The Morgan fingerprint density at radius 1 is 0.462 bits per heavy atom. The molecule has 0 unspecified atom stereocenters. The van der Waals surface area contributed by atoms with Gasteiger partial charge in [0.1, 0.15) is 0 Å². The summed E-state index contributed by atoms with van der Waals surface area (Å²) in [6, 6.07) is 55.1. The summed E-state index contributed by atoms with van der Waals surface area (Å²) in [4.78, 5) is 7.35. The smallest absolute Gasteiger partial charge is 0.252 e. The van der Waals surface area contributed by atoms with E-state index in [9.17, 15) is 4.11 Å². The molecule has 0 atom stereocenters. The zero-order valence-electron chi connectivity index (χ0n) is 52.1. The van der Waals surface area contributed by atoms with Crippen LogP contribution in [0.15, 0.2) is 146 Å². The number of para-hydroxylation sites is 2. The molecular formula is C74H80BN3. The van der Waals surface area contributed by atoms with Gasteiger partial charge in [-0.1, -0.05) is 169 Å². The molecule has 0 spiro atoms. The maximum Gasteiger partial charge on any atom is 0.252 e. The van der Waals surface area contributed by atoms with E-state index < -0.39 is 6.85 Å². The fourth-order valence-electron chi connectivity index (χ4n) is 14.8. The minimum Gasteiger partial charge on any atom is -0.311 e. The zero-order valence-corrected chi connectivity index (χ0v) is 49.1. The molecule has 13 rings (SSSR count). The molecule has 0 saturated heterocycles. The third kappa shape index (κ3) is 7.50. The van der Waals surface area contributed by atoms with Crippen LogP contribution in [0.3, 0.4) is 0 Å². The highest BCUT2D eigenvalue weighted by atomic mass is 15.2. The first-order valence-corrected chi connectivity index (χ1v) is 29.0. The molecule has 0 N–H and O–H groups in total. The van der Waals surface area contributed by atoms with Crippen LogP contribution in [0, 0.1) is 20.7 Å². The molecule has 0 aromatic heterocycles. The van der Waals surface area contributed by atoms with E-state index in [2.05, 4.69) is 252 Å². The highest BCUT2D eigenvalue weighted by molar-refractivity contribution is 7.00. The van der Waals surface area contributed by atoms with E-state index in [1.54, 1.807) is 0 Å². The summed E-state index contributed by atoms with van der Waals surface area (Å²) >= 11 is 0. The van der Waals surface area contributed by atoms with E-state index in [0.29, 0.717) is 5.56 Å². The molecule has 8 aromatic carbocycles. The molecule has 4 heteroatoms. The molecule has 2 aliphatic heterocycles. The maximum absolute atomic E-state index is 9.40. The highest BCUT2D eigenvalue weighted by Crippen LogP contribution is 2.56. The van der Waals surface area contributed by atoms with E-state index >= 15 is 0 Å². The first kappa shape index (κ1) is 47.2. The normalized spacial score (nSPS) is 19.0. The van der Waals surface area contributed by atoms with Crippen molar-refractivity contribution >= 4 is 74.3 Å². The second-order valence-electron chi connectivity index (χ2n) is 28.3. The SMILES string of the molecule is [2H]C([2H])([2H])c1cc2c3c(c1)N(c1ccc4c(c1)C(C)(C)CCC4(C)C)c1cc4c(cc1B3c1ccc(N(c3ccccc3C)c3ccccc3C)cc1N2c1ccc2c(c1)-c1ccc(C(C)(C)C)cc1C2(C)C)C(C)(C)CCC4(C)C. The van der Waals surface area contributed by atoms with Crippen LogP contribution in [-0.4, -0.2) is 6.71 Å². The lowest BCUT2D eigenvalue weighted by atomic mass is 9.33. The monoisotopic (exact) mass is 1020 g/mol. The van der Waals surface area contributed by atoms with Gasteiger partial charge in [-0.2, -0.15) is 0 Å². The van der Waals surface area contributed by atoms with Gasteiger partial charge in [-0.05, 0) is 223 Å². The largest absolute Gasteiger partial charge is 0.311 e. The van der Waals surface area contributed by atoms with Gasteiger partial charge in [0.15, 0.2) is 0 Å². The molecule has 78 heavy (non-hydrogen) atoms. The molecule has 0 fully saturated rings.